The molecule has 0 spiro atoms. The van der Waals surface area contributed by atoms with E-state index in [1.165, 1.54) is 11.9 Å². The Morgan fingerprint density at radius 3 is 3.00 bits per heavy atom. The number of imidazole rings is 1. The molecule has 1 N–H and O–H groups in total. The van der Waals surface area contributed by atoms with Crippen LogP contribution in [0.1, 0.15) is 59.1 Å². The van der Waals surface area contributed by atoms with E-state index in [-0.39, 0.29) is 35.2 Å². The molecule has 0 radical (unpaired) electrons. The summed E-state index contributed by atoms with van der Waals surface area (Å²) in [5, 5.41) is 9.95. The molecule has 1 saturated carbocycles. The zero-order valence-corrected chi connectivity index (χ0v) is 21.0. The second-order valence-electron chi connectivity index (χ2n) is 9.20. The molecule has 3 aliphatic rings. The number of fused-ring (bicyclic) bond motifs is 2. The average Bonchev–Trinajstić information content (AvgIpc) is 3.40. The van der Waals surface area contributed by atoms with Gasteiger partial charge in [-0.2, -0.15) is 4.98 Å². The minimum atomic E-state index is -2.51. The zero-order chi connectivity index (χ0) is 22.7. The maximum absolute atomic E-state index is 9.95. The normalized spacial score (nSPS) is 39.4. The summed E-state index contributed by atoms with van der Waals surface area (Å²) in [5.74, 6) is 0.354. The Hall–Kier alpha value is -1.03. The first-order valence-electron chi connectivity index (χ1n) is 11.1. The van der Waals surface area contributed by atoms with Crippen LogP contribution in [0, 0.1) is 5.92 Å². The van der Waals surface area contributed by atoms with Crippen LogP contribution in [-0.4, -0.2) is 47.7 Å². The van der Waals surface area contributed by atoms with E-state index < -0.39 is 5.69 Å². The van der Waals surface area contributed by atoms with Crippen molar-refractivity contribution in [2.75, 3.05) is 0 Å². The molecule has 5 rings (SSSR count). The minimum absolute atomic E-state index is 0.00293. The van der Waals surface area contributed by atoms with Gasteiger partial charge in [-0.15, -0.1) is 0 Å². The van der Waals surface area contributed by atoms with E-state index >= 15 is 0 Å². The highest BCUT2D eigenvalue weighted by Gasteiger charge is 2.54. The monoisotopic (exact) mass is 496 g/mol. The Kier molecular flexibility index (Phi) is 5.92. The lowest BCUT2D eigenvalue weighted by Gasteiger charge is -2.37. The van der Waals surface area contributed by atoms with Crippen molar-refractivity contribution in [1.29, 1.82) is 0 Å². The summed E-state index contributed by atoms with van der Waals surface area (Å²) >= 11 is 7.75. The molecule has 2 saturated heterocycles. The molecule has 7 atom stereocenters. The summed E-state index contributed by atoms with van der Waals surface area (Å²) in [6.45, 7) is 10.6. The molecule has 0 aromatic carbocycles. The quantitative estimate of drug-likeness (QED) is 0.448. The fraction of sp³-hybridized carbons (Fsp3) is 0.667. The van der Waals surface area contributed by atoms with Crippen LogP contribution in [0.15, 0.2) is 24.8 Å². The third-order valence-electron chi connectivity index (χ3n) is 6.94. The number of nitrogens with zero attached hydrogens (tertiary/aromatic N) is 4. The first kappa shape index (κ1) is 22.7. The van der Waals surface area contributed by atoms with Crippen LogP contribution >= 0.6 is 17.1 Å². The first-order chi connectivity index (χ1) is 15.2. The Morgan fingerprint density at radius 2 is 2.25 bits per heavy atom. The maximum atomic E-state index is 9.95. The van der Waals surface area contributed by atoms with E-state index in [0.29, 0.717) is 23.5 Å². The first-order valence-corrected chi connectivity index (χ1v) is 15.1. The van der Waals surface area contributed by atoms with Crippen LogP contribution in [0.4, 0.5) is 0 Å². The van der Waals surface area contributed by atoms with Gasteiger partial charge in [0.05, 0.1) is 24.6 Å². The SMILES string of the molecule is C=C(C)[C@@H]1CC[C@]2(C)S[P@@](=S)(O[C@H]3C[C@H](n4cnc5c(O)ncnc54)O[C@@H]3CC)O[C@H]2C1. The van der Waals surface area contributed by atoms with Crippen molar-refractivity contribution in [3.05, 3.63) is 24.8 Å². The van der Waals surface area contributed by atoms with Crippen LogP contribution in [0.2, 0.25) is 0 Å². The van der Waals surface area contributed by atoms with Crippen molar-refractivity contribution < 1.29 is 18.9 Å². The van der Waals surface area contributed by atoms with Crippen LogP contribution in [0.25, 0.3) is 11.2 Å². The third kappa shape index (κ3) is 3.93. The molecule has 0 unspecified atom stereocenters. The summed E-state index contributed by atoms with van der Waals surface area (Å²) < 4.78 is 21.2. The average molecular weight is 497 g/mol. The minimum Gasteiger partial charge on any atom is -0.492 e. The third-order valence-corrected chi connectivity index (χ3v) is 12.7. The zero-order valence-electron chi connectivity index (χ0n) is 18.5. The predicted molar refractivity (Wildman–Crippen MR) is 128 cm³/mol. The van der Waals surface area contributed by atoms with Gasteiger partial charge in [-0.25, -0.2) is 9.97 Å². The van der Waals surface area contributed by atoms with Crippen molar-refractivity contribution in [3.8, 4) is 5.88 Å². The molecular weight excluding hydrogens is 467 g/mol. The molecule has 1 aliphatic carbocycles. The smallest absolute Gasteiger partial charge is 0.248 e. The predicted octanol–water partition coefficient (Wildman–Crippen LogP) is 5.11. The van der Waals surface area contributed by atoms with Gasteiger partial charge in [0.25, 0.3) is 0 Å². The molecule has 3 fully saturated rings. The standard InChI is InChI=1S/C21H29N4O4PS2/c1-5-14-15(9-17(27-14)25-11-24-18-19(25)22-10-23-20(18)26)28-30(31)29-16-8-13(12(2)3)6-7-21(16,4)32-30/h10-11,13-17H,2,5-9H2,1,3-4H3,(H,22,23,26)/t13-,14-,15+,16+,17-,21+,30+/m1/s1. The second-order valence-corrected chi connectivity index (χ2v) is 15.8. The van der Waals surface area contributed by atoms with Gasteiger partial charge in [0.2, 0.25) is 11.6 Å². The van der Waals surface area contributed by atoms with Crippen LogP contribution in [0.3, 0.4) is 0 Å². The Labute approximate surface area is 197 Å². The molecule has 2 aromatic rings. The molecule has 2 aromatic heterocycles. The van der Waals surface area contributed by atoms with Gasteiger partial charge >= 0.3 is 0 Å². The summed E-state index contributed by atoms with van der Waals surface area (Å²) in [6, 6.07) is 0. The molecule has 4 heterocycles. The number of hydrogen-bond acceptors (Lipinski definition) is 9. The van der Waals surface area contributed by atoms with E-state index in [0.717, 1.165) is 25.7 Å². The number of allylic oxidation sites excluding steroid dienone is 1. The van der Waals surface area contributed by atoms with Gasteiger partial charge in [0, 0.05) is 11.2 Å². The van der Waals surface area contributed by atoms with Gasteiger partial charge in [-0.3, -0.25) is 4.57 Å². The number of ether oxygens (including phenoxy) is 1. The van der Waals surface area contributed by atoms with Crippen LogP contribution in [0.5, 0.6) is 5.88 Å². The summed E-state index contributed by atoms with van der Waals surface area (Å²) in [6.07, 6.45) is 7.05. The lowest BCUT2D eigenvalue weighted by Crippen LogP contribution is -2.39. The largest absolute Gasteiger partial charge is 0.492 e. The number of aromatic nitrogens is 4. The molecule has 2 aliphatic heterocycles. The number of aromatic hydroxyl groups is 1. The Bertz CT molecular complexity index is 1100. The molecule has 32 heavy (non-hydrogen) atoms. The van der Waals surface area contributed by atoms with Crippen LogP contribution in [-0.2, 0) is 25.6 Å². The van der Waals surface area contributed by atoms with Crippen molar-refractivity contribution in [2.45, 2.75) is 82.2 Å². The van der Waals surface area contributed by atoms with Gasteiger partial charge in [-0.05, 0) is 57.3 Å². The molecule has 8 nitrogen and oxygen atoms in total. The second kappa shape index (κ2) is 8.32. The van der Waals surface area contributed by atoms with E-state index in [1.54, 1.807) is 17.7 Å². The van der Waals surface area contributed by atoms with Gasteiger partial charge in [-0.1, -0.05) is 30.5 Å². The van der Waals surface area contributed by atoms with Crippen molar-refractivity contribution in [2.24, 2.45) is 5.92 Å². The van der Waals surface area contributed by atoms with E-state index in [2.05, 4.69) is 42.3 Å². The Balaban J connectivity index is 1.33. The lowest BCUT2D eigenvalue weighted by molar-refractivity contribution is -0.0151. The van der Waals surface area contributed by atoms with Gasteiger partial charge in [0.1, 0.15) is 12.6 Å². The topological polar surface area (TPSA) is 91.5 Å². The Morgan fingerprint density at radius 1 is 1.44 bits per heavy atom. The summed E-state index contributed by atoms with van der Waals surface area (Å²) in [7, 11) is 0. The highest BCUT2D eigenvalue weighted by atomic mass is 32.9. The van der Waals surface area contributed by atoms with E-state index in [9.17, 15) is 5.11 Å². The van der Waals surface area contributed by atoms with Gasteiger partial charge < -0.3 is 18.9 Å². The fourth-order valence-corrected chi connectivity index (χ4v) is 12.6. The summed E-state index contributed by atoms with van der Waals surface area (Å²) in [4.78, 5) is 12.3. The van der Waals surface area contributed by atoms with E-state index in [1.807, 2.05) is 4.57 Å². The van der Waals surface area contributed by atoms with Gasteiger partial charge in [0.15, 0.2) is 11.2 Å². The fourth-order valence-electron chi connectivity index (χ4n) is 4.99. The van der Waals surface area contributed by atoms with Crippen molar-refractivity contribution >= 4 is 40.0 Å². The van der Waals surface area contributed by atoms with Crippen molar-refractivity contribution in [1.82, 2.24) is 19.5 Å². The summed E-state index contributed by atoms with van der Waals surface area (Å²) in [5.41, 5.74) is -0.383. The number of hydrogen-bond donors (Lipinski definition) is 1. The highest BCUT2D eigenvalue weighted by molar-refractivity contribution is 8.68. The van der Waals surface area contributed by atoms with Crippen molar-refractivity contribution in [3.63, 3.8) is 0 Å². The maximum Gasteiger partial charge on any atom is 0.248 e. The molecule has 174 valence electrons. The number of rotatable bonds is 5. The van der Waals surface area contributed by atoms with E-state index in [4.69, 9.17) is 25.6 Å². The molecule has 11 heteroatoms. The molecule has 0 bridgehead atoms. The highest BCUT2D eigenvalue weighted by Crippen LogP contribution is 2.76. The molecular formula is C21H29N4O4PS2. The lowest BCUT2D eigenvalue weighted by atomic mass is 9.77. The molecule has 0 amide bonds. The van der Waals surface area contributed by atoms with Crippen LogP contribution < -0.4 is 0 Å².